The van der Waals surface area contributed by atoms with Crippen LogP contribution in [0.4, 0.5) is 0 Å². The number of benzene rings is 1. The van der Waals surface area contributed by atoms with E-state index in [1.807, 2.05) is 12.1 Å². The van der Waals surface area contributed by atoms with E-state index in [1.165, 1.54) is 5.56 Å². The lowest BCUT2D eigenvalue weighted by Gasteiger charge is -2.08. The Balaban J connectivity index is 2.48. The van der Waals surface area contributed by atoms with Gasteiger partial charge in [-0.05, 0) is 50.0 Å². The molecule has 0 aliphatic rings. The Kier molecular flexibility index (Phi) is 8.57. The van der Waals surface area contributed by atoms with E-state index in [0.717, 1.165) is 45.2 Å². The summed E-state index contributed by atoms with van der Waals surface area (Å²) in [7, 11) is -3.35. The van der Waals surface area contributed by atoms with Crippen LogP contribution in [-0.4, -0.2) is 28.1 Å². The van der Waals surface area contributed by atoms with Crippen LogP contribution >= 0.6 is 0 Å². The van der Waals surface area contributed by atoms with E-state index in [-0.39, 0.29) is 0 Å². The van der Waals surface area contributed by atoms with E-state index in [2.05, 4.69) is 23.9 Å². The van der Waals surface area contributed by atoms with Crippen molar-refractivity contribution in [2.45, 2.75) is 50.8 Å². The summed E-state index contributed by atoms with van der Waals surface area (Å²) in [5.41, 5.74) is 1.18. The second-order valence-electron chi connectivity index (χ2n) is 5.21. The Morgan fingerprint density at radius 1 is 0.952 bits per heavy atom. The highest BCUT2D eigenvalue weighted by atomic mass is 32.2. The third-order valence-corrected chi connectivity index (χ3v) is 4.85. The largest absolute Gasteiger partial charge is 0.317 e. The Morgan fingerprint density at radius 2 is 1.67 bits per heavy atom. The number of nitrogens with one attached hydrogen (secondary N) is 2. The van der Waals surface area contributed by atoms with Gasteiger partial charge in [0.05, 0.1) is 4.90 Å². The highest BCUT2D eigenvalue weighted by molar-refractivity contribution is 7.89. The smallest absolute Gasteiger partial charge is 0.240 e. The third-order valence-electron chi connectivity index (χ3n) is 3.38. The molecule has 4 nitrogen and oxygen atoms in total. The molecule has 0 fully saturated rings. The van der Waals surface area contributed by atoms with E-state index in [4.69, 9.17) is 0 Å². The van der Waals surface area contributed by atoms with Gasteiger partial charge >= 0.3 is 0 Å². The normalized spacial score (nSPS) is 11.7. The topological polar surface area (TPSA) is 58.2 Å². The maximum absolute atomic E-state index is 12.1. The molecule has 21 heavy (non-hydrogen) atoms. The first kappa shape index (κ1) is 18.1. The van der Waals surface area contributed by atoms with Gasteiger partial charge in [-0.3, -0.25) is 0 Å². The highest BCUT2D eigenvalue weighted by Crippen LogP contribution is 2.12. The molecule has 0 saturated carbocycles. The predicted molar refractivity (Wildman–Crippen MR) is 88.0 cm³/mol. The van der Waals surface area contributed by atoms with Crippen molar-refractivity contribution < 1.29 is 8.42 Å². The average Bonchev–Trinajstić information content (AvgIpc) is 2.49. The van der Waals surface area contributed by atoms with Crippen molar-refractivity contribution in [3.05, 3.63) is 29.8 Å². The Morgan fingerprint density at radius 3 is 2.29 bits per heavy atom. The number of sulfonamides is 1. The summed E-state index contributed by atoms with van der Waals surface area (Å²) in [6.45, 7) is 6.69. The van der Waals surface area contributed by atoms with Gasteiger partial charge in [-0.1, -0.05) is 38.8 Å². The van der Waals surface area contributed by atoms with Crippen LogP contribution in [0.15, 0.2) is 29.2 Å². The molecule has 120 valence electrons. The van der Waals surface area contributed by atoms with Crippen LogP contribution in [0.3, 0.4) is 0 Å². The third kappa shape index (κ3) is 7.07. The van der Waals surface area contributed by atoms with Gasteiger partial charge in [-0.15, -0.1) is 0 Å². The molecule has 0 aliphatic carbocycles. The monoisotopic (exact) mass is 312 g/mol. The predicted octanol–water partition coefficient (Wildman–Crippen LogP) is 2.70. The summed E-state index contributed by atoms with van der Waals surface area (Å²) in [5.74, 6) is 0. The summed E-state index contributed by atoms with van der Waals surface area (Å²) >= 11 is 0. The lowest BCUT2D eigenvalue weighted by Crippen LogP contribution is -2.24. The first-order chi connectivity index (χ1) is 10.1. The van der Waals surface area contributed by atoms with E-state index in [1.54, 1.807) is 12.1 Å². The summed E-state index contributed by atoms with van der Waals surface area (Å²) < 4.78 is 26.8. The van der Waals surface area contributed by atoms with Gasteiger partial charge in [0.15, 0.2) is 0 Å². The summed E-state index contributed by atoms with van der Waals surface area (Å²) in [6, 6.07) is 7.22. The Hall–Kier alpha value is -0.910. The number of hydrogen-bond acceptors (Lipinski definition) is 3. The fourth-order valence-corrected chi connectivity index (χ4v) is 3.17. The maximum Gasteiger partial charge on any atom is 0.240 e. The number of aryl methyl sites for hydroxylation is 1. The van der Waals surface area contributed by atoms with Gasteiger partial charge in [0.25, 0.3) is 0 Å². The van der Waals surface area contributed by atoms with Crippen molar-refractivity contribution in [2.75, 3.05) is 19.6 Å². The molecule has 0 heterocycles. The first-order valence-electron chi connectivity index (χ1n) is 7.89. The molecular formula is C16H28N2O2S. The summed E-state index contributed by atoms with van der Waals surface area (Å²) in [5, 5.41) is 3.28. The van der Waals surface area contributed by atoms with E-state index in [0.29, 0.717) is 11.4 Å². The molecule has 0 radical (unpaired) electrons. The van der Waals surface area contributed by atoms with Crippen LogP contribution in [0.5, 0.6) is 0 Å². The average molecular weight is 312 g/mol. The van der Waals surface area contributed by atoms with Gasteiger partial charge in [-0.25, -0.2) is 13.1 Å². The molecule has 1 aromatic rings. The van der Waals surface area contributed by atoms with E-state index < -0.39 is 10.0 Å². The minimum Gasteiger partial charge on any atom is -0.317 e. The van der Waals surface area contributed by atoms with Crippen molar-refractivity contribution >= 4 is 10.0 Å². The molecule has 0 bridgehead atoms. The molecule has 0 saturated heterocycles. The zero-order valence-electron chi connectivity index (χ0n) is 13.2. The highest BCUT2D eigenvalue weighted by Gasteiger charge is 2.12. The minimum atomic E-state index is -3.35. The van der Waals surface area contributed by atoms with Gasteiger partial charge in [-0.2, -0.15) is 0 Å². The van der Waals surface area contributed by atoms with Gasteiger partial charge in [0, 0.05) is 6.54 Å². The Labute approximate surface area is 129 Å². The second-order valence-corrected chi connectivity index (χ2v) is 6.97. The van der Waals surface area contributed by atoms with Crippen LogP contribution in [0.25, 0.3) is 0 Å². The molecular weight excluding hydrogens is 284 g/mol. The maximum atomic E-state index is 12.1. The molecule has 0 aromatic heterocycles. The van der Waals surface area contributed by atoms with E-state index in [9.17, 15) is 8.42 Å². The first-order valence-corrected chi connectivity index (χ1v) is 9.37. The standard InChI is InChI=1S/C16H28N2O2S/c1-3-5-6-14-18-21(19,20)16-11-9-15(10-12-16)8-7-13-17-4-2/h9-12,17-18H,3-8,13-14H2,1-2H3. The number of unbranched alkanes of at least 4 members (excludes halogenated alkanes) is 2. The van der Waals surface area contributed by atoms with Crippen molar-refractivity contribution in [3.63, 3.8) is 0 Å². The summed E-state index contributed by atoms with van der Waals surface area (Å²) in [4.78, 5) is 0.356. The van der Waals surface area contributed by atoms with Crippen molar-refractivity contribution in [1.82, 2.24) is 10.0 Å². The fourth-order valence-electron chi connectivity index (χ4n) is 2.09. The van der Waals surface area contributed by atoms with Crippen LogP contribution in [-0.2, 0) is 16.4 Å². The van der Waals surface area contributed by atoms with Gasteiger partial charge < -0.3 is 5.32 Å². The van der Waals surface area contributed by atoms with E-state index >= 15 is 0 Å². The molecule has 0 atom stereocenters. The minimum absolute atomic E-state index is 0.356. The number of hydrogen-bond donors (Lipinski definition) is 2. The Bertz CT molecular complexity index is 484. The summed E-state index contributed by atoms with van der Waals surface area (Å²) in [6.07, 6.45) is 5.06. The van der Waals surface area contributed by atoms with Crippen molar-refractivity contribution in [1.29, 1.82) is 0 Å². The van der Waals surface area contributed by atoms with Crippen LogP contribution < -0.4 is 10.0 Å². The van der Waals surface area contributed by atoms with Crippen LogP contribution in [0.2, 0.25) is 0 Å². The van der Waals surface area contributed by atoms with Gasteiger partial charge in [0.2, 0.25) is 10.0 Å². The SMILES string of the molecule is CCCCCNS(=O)(=O)c1ccc(CCCNCC)cc1. The molecule has 0 aliphatic heterocycles. The molecule has 0 amide bonds. The molecule has 1 aromatic carbocycles. The molecule has 0 unspecified atom stereocenters. The molecule has 5 heteroatoms. The quantitative estimate of drug-likeness (QED) is 0.618. The van der Waals surface area contributed by atoms with Gasteiger partial charge in [0.1, 0.15) is 0 Å². The molecule has 1 rings (SSSR count). The zero-order chi connectivity index (χ0) is 15.6. The van der Waals surface area contributed by atoms with Crippen LogP contribution in [0, 0.1) is 0 Å². The molecule has 2 N–H and O–H groups in total. The second kappa shape index (κ2) is 9.92. The zero-order valence-corrected chi connectivity index (χ0v) is 14.0. The lowest BCUT2D eigenvalue weighted by atomic mass is 10.1. The lowest BCUT2D eigenvalue weighted by molar-refractivity contribution is 0.576. The van der Waals surface area contributed by atoms with Crippen LogP contribution in [0.1, 0.15) is 45.1 Å². The van der Waals surface area contributed by atoms with Crippen molar-refractivity contribution in [3.8, 4) is 0 Å². The van der Waals surface area contributed by atoms with Crippen molar-refractivity contribution in [2.24, 2.45) is 0 Å². The molecule has 0 spiro atoms. The fraction of sp³-hybridized carbons (Fsp3) is 0.625. The number of rotatable bonds is 11.